The van der Waals surface area contributed by atoms with Crippen molar-refractivity contribution in [1.29, 1.82) is 0 Å². The molecule has 156 valence electrons. The molecule has 0 radical (unpaired) electrons. The predicted octanol–water partition coefficient (Wildman–Crippen LogP) is 4.69. The van der Waals surface area contributed by atoms with Gasteiger partial charge in [-0.2, -0.15) is 0 Å². The number of ether oxygens (including phenoxy) is 1. The van der Waals surface area contributed by atoms with E-state index in [-0.39, 0.29) is 6.61 Å². The van der Waals surface area contributed by atoms with Crippen molar-refractivity contribution in [3.63, 3.8) is 0 Å². The molecule has 29 heavy (non-hydrogen) atoms. The van der Waals surface area contributed by atoms with Crippen molar-refractivity contribution < 1.29 is 19.2 Å². The monoisotopic (exact) mass is 398 g/mol. The van der Waals surface area contributed by atoms with Crippen LogP contribution < -0.4 is 4.90 Å². The van der Waals surface area contributed by atoms with Crippen molar-refractivity contribution in [2.75, 3.05) is 11.4 Å². The van der Waals surface area contributed by atoms with Crippen LogP contribution in [0, 0.1) is 0 Å². The van der Waals surface area contributed by atoms with Crippen molar-refractivity contribution >= 4 is 17.2 Å². The fraction of sp³-hybridized carbons (Fsp3) is 0.478. The van der Waals surface area contributed by atoms with Crippen LogP contribution >= 0.6 is 0 Å². The summed E-state index contributed by atoms with van der Waals surface area (Å²) < 4.78 is 10.6. The number of hydrogen-bond donors (Lipinski definition) is 1. The first-order valence-corrected chi connectivity index (χ1v) is 10.2. The summed E-state index contributed by atoms with van der Waals surface area (Å²) in [6.45, 7) is 10.6. The van der Waals surface area contributed by atoms with Gasteiger partial charge in [0.1, 0.15) is 6.61 Å². The number of aliphatic carboxylic acids is 1. The molecule has 0 saturated heterocycles. The summed E-state index contributed by atoms with van der Waals surface area (Å²) in [5.74, 6) is -0.453. The molecule has 0 aliphatic carbocycles. The molecule has 0 amide bonds. The molecule has 3 rings (SSSR count). The molecule has 0 fully saturated rings. The average molecular weight is 399 g/mol. The first-order valence-electron chi connectivity index (χ1n) is 10.2. The van der Waals surface area contributed by atoms with Crippen molar-refractivity contribution in [3.05, 3.63) is 53.9 Å². The molecule has 6 heteroatoms. The lowest BCUT2D eigenvalue weighted by atomic mass is 10.1. The minimum absolute atomic E-state index is 0.0996. The highest BCUT2D eigenvalue weighted by Crippen LogP contribution is 2.39. The van der Waals surface area contributed by atoms with Crippen LogP contribution in [0.1, 0.15) is 57.1 Å². The second-order valence-corrected chi connectivity index (χ2v) is 8.11. The van der Waals surface area contributed by atoms with E-state index in [0.717, 1.165) is 37.9 Å². The Kier molecular flexibility index (Phi) is 6.42. The Morgan fingerprint density at radius 1 is 1.31 bits per heavy atom. The van der Waals surface area contributed by atoms with Gasteiger partial charge in [0.15, 0.2) is 11.4 Å². The van der Waals surface area contributed by atoms with E-state index in [1.165, 1.54) is 30.7 Å². The highest BCUT2D eigenvalue weighted by Gasteiger charge is 2.29. The number of hydrogen-bond acceptors (Lipinski definition) is 5. The minimum Gasteiger partial charge on any atom is -0.479 e. The normalized spacial score (nSPS) is 16.3. The Morgan fingerprint density at radius 3 is 2.83 bits per heavy atom. The van der Waals surface area contributed by atoms with Crippen molar-refractivity contribution in [1.82, 2.24) is 5.16 Å². The summed E-state index contributed by atoms with van der Waals surface area (Å²) in [7, 11) is 0. The van der Waals surface area contributed by atoms with Crippen LogP contribution in [0.5, 0.6) is 0 Å². The highest BCUT2D eigenvalue weighted by atomic mass is 16.5. The number of aromatic nitrogens is 1. The first-order chi connectivity index (χ1) is 13.8. The molecule has 1 N–H and O–H groups in total. The zero-order chi connectivity index (χ0) is 21.0. The third kappa shape index (κ3) is 4.88. The number of unbranched alkanes of at least 4 members (excludes halogenated alkanes) is 2. The van der Waals surface area contributed by atoms with E-state index in [0.29, 0.717) is 11.8 Å². The lowest BCUT2D eigenvalue weighted by molar-refractivity contribution is -0.163. The van der Waals surface area contributed by atoms with Gasteiger partial charge < -0.3 is 19.3 Å². The van der Waals surface area contributed by atoms with Crippen LogP contribution in [0.15, 0.2) is 41.4 Å². The molecular weight excluding hydrogens is 368 g/mol. The Morgan fingerprint density at radius 2 is 2.07 bits per heavy atom. The van der Waals surface area contributed by atoms with E-state index in [2.05, 4.69) is 47.8 Å². The SMILES string of the molecule is C=C1c2ccccc2N(CCCCCc2cc(COC(C)(C)C(=O)O)on2)C1C. The summed E-state index contributed by atoms with van der Waals surface area (Å²) in [5.41, 5.74) is 3.39. The quantitative estimate of drug-likeness (QED) is 0.585. The third-order valence-corrected chi connectivity index (χ3v) is 5.56. The number of carboxylic acids is 1. The van der Waals surface area contributed by atoms with Crippen molar-refractivity contribution in [2.24, 2.45) is 0 Å². The molecule has 1 unspecified atom stereocenters. The van der Waals surface area contributed by atoms with Crippen LogP contribution in [0.25, 0.3) is 5.57 Å². The molecule has 0 saturated carbocycles. The zero-order valence-corrected chi connectivity index (χ0v) is 17.5. The molecular formula is C23H30N2O4. The maximum atomic E-state index is 11.1. The largest absolute Gasteiger partial charge is 0.479 e. The van der Waals surface area contributed by atoms with E-state index < -0.39 is 11.6 Å². The van der Waals surface area contributed by atoms with Crippen LogP contribution in [0.2, 0.25) is 0 Å². The van der Waals surface area contributed by atoms with Gasteiger partial charge in [0.25, 0.3) is 0 Å². The van der Waals surface area contributed by atoms with Gasteiger partial charge in [-0.05, 0) is 51.7 Å². The fourth-order valence-corrected chi connectivity index (χ4v) is 3.55. The van der Waals surface area contributed by atoms with E-state index in [1.54, 1.807) is 0 Å². The van der Waals surface area contributed by atoms with Gasteiger partial charge >= 0.3 is 5.97 Å². The lowest BCUT2D eigenvalue weighted by Crippen LogP contribution is -2.34. The number of aryl methyl sites for hydroxylation is 1. The smallest absolute Gasteiger partial charge is 0.335 e. The van der Waals surface area contributed by atoms with E-state index in [1.807, 2.05) is 6.07 Å². The predicted molar refractivity (Wildman–Crippen MR) is 113 cm³/mol. The van der Waals surface area contributed by atoms with Gasteiger partial charge in [0, 0.05) is 23.9 Å². The Hall–Kier alpha value is -2.60. The fourth-order valence-electron chi connectivity index (χ4n) is 3.55. The number of fused-ring (bicyclic) bond motifs is 1. The molecule has 1 aromatic carbocycles. The van der Waals surface area contributed by atoms with Crippen LogP contribution in [0.3, 0.4) is 0 Å². The van der Waals surface area contributed by atoms with Crippen LogP contribution in [-0.4, -0.2) is 34.4 Å². The number of para-hydroxylation sites is 1. The van der Waals surface area contributed by atoms with Crippen LogP contribution in [0.4, 0.5) is 5.69 Å². The lowest BCUT2D eigenvalue weighted by Gasteiger charge is -2.25. The Labute approximate surface area is 172 Å². The number of anilines is 1. The van der Waals surface area contributed by atoms with E-state index in [4.69, 9.17) is 14.4 Å². The van der Waals surface area contributed by atoms with Crippen molar-refractivity contribution in [2.45, 2.75) is 64.7 Å². The van der Waals surface area contributed by atoms with Crippen LogP contribution in [-0.2, 0) is 22.6 Å². The second-order valence-electron chi connectivity index (χ2n) is 8.11. The Bertz CT molecular complexity index is 871. The van der Waals surface area contributed by atoms with Gasteiger partial charge in [-0.15, -0.1) is 0 Å². The maximum Gasteiger partial charge on any atom is 0.335 e. The zero-order valence-electron chi connectivity index (χ0n) is 17.5. The number of carbonyl (C=O) groups is 1. The molecule has 0 bridgehead atoms. The minimum atomic E-state index is -1.25. The van der Waals surface area contributed by atoms with Gasteiger partial charge in [-0.1, -0.05) is 36.4 Å². The summed E-state index contributed by atoms with van der Waals surface area (Å²) in [6.07, 6.45) is 4.07. The molecule has 6 nitrogen and oxygen atoms in total. The number of rotatable bonds is 10. The molecule has 2 heterocycles. The number of benzene rings is 1. The third-order valence-electron chi connectivity index (χ3n) is 5.56. The van der Waals surface area contributed by atoms with E-state index in [9.17, 15) is 4.79 Å². The summed E-state index contributed by atoms with van der Waals surface area (Å²) >= 11 is 0. The molecule has 2 aromatic rings. The second kappa shape index (κ2) is 8.82. The first kappa shape index (κ1) is 21.1. The maximum absolute atomic E-state index is 11.1. The average Bonchev–Trinajstić information content (AvgIpc) is 3.24. The number of nitrogens with zero attached hydrogens (tertiary/aromatic N) is 2. The van der Waals surface area contributed by atoms with Gasteiger partial charge in [-0.25, -0.2) is 4.79 Å². The number of carboxylic acid groups (broad SMARTS) is 1. The summed E-state index contributed by atoms with van der Waals surface area (Å²) in [4.78, 5) is 13.5. The molecule has 1 aromatic heterocycles. The topological polar surface area (TPSA) is 75.8 Å². The molecule has 1 aliphatic rings. The standard InChI is InChI=1S/C23H30N2O4/c1-16-17(2)25(21-12-8-7-11-20(16)21)13-9-5-6-10-18-14-19(29-24-18)15-28-23(3,4)22(26)27/h7-8,11-12,14,17H,1,5-6,9-10,13,15H2,2-4H3,(H,26,27). The molecule has 0 spiro atoms. The van der Waals surface area contributed by atoms with Gasteiger partial charge in [0.05, 0.1) is 11.7 Å². The van der Waals surface area contributed by atoms with E-state index >= 15 is 0 Å². The summed E-state index contributed by atoms with van der Waals surface area (Å²) in [6, 6.07) is 10.7. The van der Waals surface area contributed by atoms with Gasteiger partial charge in [0.2, 0.25) is 0 Å². The highest BCUT2D eigenvalue weighted by molar-refractivity contribution is 5.86. The summed E-state index contributed by atoms with van der Waals surface area (Å²) in [5, 5.41) is 13.1. The molecule has 1 aliphatic heterocycles. The Balaban J connectivity index is 1.40. The van der Waals surface area contributed by atoms with Gasteiger partial charge in [-0.3, -0.25) is 0 Å². The van der Waals surface area contributed by atoms with Crippen molar-refractivity contribution in [3.8, 4) is 0 Å². The molecule has 1 atom stereocenters.